The van der Waals surface area contributed by atoms with E-state index in [1.54, 1.807) is 6.20 Å². The van der Waals surface area contributed by atoms with Crippen LogP contribution in [-0.4, -0.2) is 91.3 Å². The number of piperidine rings is 2. The molecule has 3 N–H and O–H groups in total. The predicted molar refractivity (Wildman–Crippen MR) is 155 cm³/mol. The van der Waals surface area contributed by atoms with E-state index in [4.69, 9.17) is 9.98 Å². The molecule has 5 rings (SSSR count). The van der Waals surface area contributed by atoms with Crippen molar-refractivity contribution in [2.24, 2.45) is 20.9 Å². The number of likely N-dealkylation sites (tertiary alicyclic amines) is 1. The van der Waals surface area contributed by atoms with E-state index in [1.807, 2.05) is 18.3 Å². The van der Waals surface area contributed by atoms with E-state index < -0.39 is 12.7 Å². The molecule has 1 atom stereocenters. The smallest absolute Gasteiger partial charge is 0.367 e. The molecule has 0 aromatic carbocycles. The zero-order valence-corrected chi connectivity index (χ0v) is 23.5. The molecular weight excluding hydrogens is 517 g/mol. The molecule has 218 valence electrons. The lowest BCUT2D eigenvalue weighted by molar-refractivity contribution is -0.147. The zero-order chi connectivity index (χ0) is 28.1. The Balaban J connectivity index is 1.36. The van der Waals surface area contributed by atoms with Crippen LogP contribution in [0.1, 0.15) is 57.9 Å². The minimum Gasteiger partial charge on any atom is -0.367 e. The van der Waals surface area contributed by atoms with Crippen molar-refractivity contribution in [3.05, 3.63) is 35.0 Å². The maximum Gasteiger partial charge on any atom is 0.401 e. The molecule has 0 amide bonds. The Morgan fingerprint density at radius 2 is 1.90 bits per heavy atom. The fraction of sp³-hybridized carbons (Fsp3) is 0.655. The number of nitrogens with zero attached hydrogens (tertiary/aromatic N) is 5. The second-order valence-electron chi connectivity index (χ2n) is 11.2. The number of hydrogen-bond acceptors (Lipinski definition) is 7. The van der Waals surface area contributed by atoms with Crippen LogP contribution < -0.4 is 16.0 Å². The molecule has 4 aliphatic rings. The number of alkyl halides is 3. The molecular formula is C29H41F3N8. The van der Waals surface area contributed by atoms with Gasteiger partial charge in [0.2, 0.25) is 0 Å². The van der Waals surface area contributed by atoms with Crippen LogP contribution in [0, 0.1) is 5.92 Å². The van der Waals surface area contributed by atoms with Crippen LogP contribution in [0.25, 0.3) is 0 Å². The number of halogens is 3. The Morgan fingerprint density at radius 3 is 2.58 bits per heavy atom. The van der Waals surface area contributed by atoms with E-state index >= 15 is 0 Å². The van der Waals surface area contributed by atoms with E-state index in [-0.39, 0.29) is 18.1 Å². The minimum atomic E-state index is -4.16. The summed E-state index contributed by atoms with van der Waals surface area (Å²) in [5.41, 5.74) is 3.32. The summed E-state index contributed by atoms with van der Waals surface area (Å²) >= 11 is 0. The van der Waals surface area contributed by atoms with Crippen molar-refractivity contribution < 1.29 is 13.2 Å². The van der Waals surface area contributed by atoms with Crippen molar-refractivity contribution >= 4 is 23.7 Å². The standard InChI is InChI=1S/C29H41F3N8/c1-3-33-17-24(20-4-5-20)26-19(2)36-27(39-28(26)38-22-7-11-34-12-8-22)21-6-13-35-25(16-21)37-23-9-14-40(15-10-23)18-29(30,31)32/h6,13,16-17,19-20,22-23,34H,3-5,7-12,14-15,18H2,1-2H3,(H,35,37)(H,36,38,39)/b26-24-,33-17?. The van der Waals surface area contributed by atoms with Gasteiger partial charge in [0.15, 0.2) is 0 Å². The fourth-order valence-electron chi connectivity index (χ4n) is 5.75. The highest BCUT2D eigenvalue weighted by Crippen LogP contribution is 2.39. The molecule has 1 saturated carbocycles. The minimum absolute atomic E-state index is 0.0712. The quantitative estimate of drug-likeness (QED) is 0.416. The SMILES string of the molecule is CCN=C/C(=C1/C(=NC2CCNCC2)NC(c2ccnc(NC3CCN(CC(F)(F)F)CC3)c2)=NC1C)C1CC1. The summed E-state index contributed by atoms with van der Waals surface area (Å²) in [7, 11) is 0. The highest BCUT2D eigenvalue weighted by atomic mass is 19.4. The predicted octanol–water partition coefficient (Wildman–Crippen LogP) is 4.21. The van der Waals surface area contributed by atoms with Gasteiger partial charge >= 0.3 is 6.18 Å². The zero-order valence-electron chi connectivity index (χ0n) is 23.5. The molecule has 1 aromatic heterocycles. The molecule has 3 aliphatic heterocycles. The average molecular weight is 559 g/mol. The molecule has 3 fully saturated rings. The van der Waals surface area contributed by atoms with Gasteiger partial charge in [-0.2, -0.15) is 13.2 Å². The van der Waals surface area contributed by atoms with Gasteiger partial charge < -0.3 is 16.0 Å². The van der Waals surface area contributed by atoms with Crippen LogP contribution >= 0.6 is 0 Å². The van der Waals surface area contributed by atoms with Crippen LogP contribution in [0.5, 0.6) is 0 Å². The molecule has 0 spiro atoms. The molecule has 4 heterocycles. The Kier molecular flexibility index (Phi) is 9.20. The molecule has 11 heteroatoms. The van der Waals surface area contributed by atoms with Crippen LogP contribution in [0.2, 0.25) is 0 Å². The van der Waals surface area contributed by atoms with Gasteiger partial charge in [0.05, 0.1) is 18.6 Å². The highest BCUT2D eigenvalue weighted by molar-refractivity contribution is 6.19. The van der Waals surface area contributed by atoms with Gasteiger partial charge in [0, 0.05) is 49.2 Å². The third kappa shape index (κ3) is 7.69. The molecule has 8 nitrogen and oxygen atoms in total. The lowest BCUT2D eigenvalue weighted by Crippen LogP contribution is -2.43. The lowest BCUT2D eigenvalue weighted by Gasteiger charge is -2.33. The Bertz CT molecular complexity index is 1140. The van der Waals surface area contributed by atoms with Gasteiger partial charge in [-0.1, -0.05) is 0 Å². The number of amidine groups is 2. The van der Waals surface area contributed by atoms with Crippen molar-refractivity contribution in [3.8, 4) is 0 Å². The Labute approximate surface area is 234 Å². The van der Waals surface area contributed by atoms with Crippen molar-refractivity contribution in [2.75, 3.05) is 44.6 Å². The molecule has 1 aliphatic carbocycles. The summed E-state index contributed by atoms with van der Waals surface area (Å²) in [6.07, 6.45) is 5.28. The Hall–Kier alpha value is -2.79. The van der Waals surface area contributed by atoms with E-state index in [0.29, 0.717) is 37.7 Å². The topological polar surface area (TPSA) is 89.3 Å². The first kappa shape index (κ1) is 28.7. The van der Waals surface area contributed by atoms with Crippen molar-refractivity contribution in [2.45, 2.75) is 76.7 Å². The average Bonchev–Trinajstić information content (AvgIpc) is 3.77. The van der Waals surface area contributed by atoms with Crippen LogP contribution in [-0.2, 0) is 0 Å². The van der Waals surface area contributed by atoms with Crippen LogP contribution in [0.3, 0.4) is 0 Å². The van der Waals surface area contributed by atoms with Crippen molar-refractivity contribution in [1.82, 2.24) is 20.5 Å². The van der Waals surface area contributed by atoms with E-state index in [9.17, 15) is 13.2 Å². The highest BCUT2D eigenvalue weighted by Gasteiger charge is 2.35. The van der Waals surface area contributed by atoms with Gasteiger partial charge in [-0.3, -0.25) is 19.9 Å². The molecule has 0 radical (unpaired) electrons. The van der Waals surface area contributed by atoms with E-state index in [2.05, 4.69) is 39.8 Å². The number of allylic oxidation sites excluding steroid dienone is 1. The molecule has 40 heavy (non-hydrogen) atoms. The van der Waals surface area contributed by atoms with Crippen molar-refractivity contribution in [3.63, 3.8) is 0 Å². The Morgan fingerprint density at radius 1 is 1.15 bits per heavy atom. The second-order valence-corrected chi connectivity index (χ2v) is 11.2. The van der Waals surface area contributed by atoms with Crippen LogP contribution in [0.4, 0.5) is 19.0 Å². The third-order valence-electron chi connectivity index (χ3n) is 7.97. The summed E-state index contributed by atoms with van der Waals surface area (Å²) in [6, 6.07) is 4.17. The largest absolute Gasteiger partial charge is 0.401 e. The maximum atomic E-state index is 12.8. The number of hydrogen-bond donors (Lipinski definition) is 3. The summed E-state index contributed by atoms with van der Waals surface area (Å²) < 4.78 is 38.3. The molecule has 1 unspecified atom stereocenters. The van der Waals surface area contributed by atoms with Crippen LogP contribution in [0.15, 0.2) is 44.5 Å². The first-order chi connectivity index (χ1) is 19.3. The van der Waals surface area contributed by atoms with Gasteiger partial charge in [0.25, 0.3) is 0 Å². The summed E-state index contributed by atoms with van der Waals surface area (Å²) in [5, 5.41) is 10.5. The molecule has 1 aromatic rings. The van der Waals surface area contributed by atoms with Gasteiger partial charge in [0.1, 0.15) is 17.5 Å². The van der Waals surface area contributed by atoms with Gasteiger partial charge in [-0.25, -0.2) is 4.98 Å². The monoisotopic (exact) mass is 558 g/mol. The first-order valence-electron chi connectivity index (χ1n) is 14.7. The number of nitrogens with one attached hydrogen (secondary N) is 3. The number of aromatic nitrogens is 1. The second kappa shape index (κ2) is 12.8. The number of anilines is 1. The number of rotatable bonds is 8. The lowest BCUT2D eigenvalue weighted by atomic mass is 9.95. The van der Waals surface area contributed by atoms with E-state index in [1.165, 1.54) is 23.3 Å². The van der Waals surface area contributed by atoms with E-state index in [0.717, 1.165) is 55.3 Å². The third-order valence-corrected chi connectivity index (χ3v) is 7.97. The normalized spacial score (nSPS) is 26.2. The van der Waals surface area contributed by atoms with Gasteiger partial charge in [-0.15, -0.1) is 0 Å². The molecule has 2 saturated heterocycles. The summed E-state index contributed by atoms with van der Waals surface area (Å²) in [6.45, 7) is 6.85. The molecule has 0 bridgehead atoms. The summed E-state index contributed by atoms with van der Waals surface area (Å²) in [5.74, 6) is 2.88. The first-order valence-corrected chi connectivity index (χ1v) is 14.7. The van der Waals surface area contributed by atoms with Gasteiger partial charge in [-0.05, 0) is 89.1 Å². The number of aliphatic imine (C=N–C) groups is 3. The number of pyridine rings is 1. The maximum absolute atomic E-state index is 12.8. The summed E-state index contributed by atoms with van der Waals surface area (Å²) in [4.78, 5) is 20.9. The fourth-order valence-corrected chi connectivity index (χ4v) is 5.75. The van der Waals surface area contributed by atoms with Crippen molar-refractivity contribution in [1.29, 1.82) is 0 Å².